The molecule has 0 spiro atoms. The van der Waals surface area contributed by atoms with Crippen LogP contribution in [0.2, 0.25) is 0 Å². The van der Waals surface area contributed by atoms with Crippen molar-refractivity contribution < 1.29 is 57.3 Å². The van der Waals surface area contributed by atoms with Crippen LogP contribution in [0.15, 0.2) is 91.0 Å². The van der Waals surface area contributed by atoms with Gasteiger partial charge in [0, 0.05) is 23.2 Å². The number of carboxylic acid groups (broad SMARTS) is 3. The summed E-state index contributed by atoms with van der Waals surface area (Å²) in [4.78, 5) is 71.6. The van der Waals surface area contributed by atoms with E-state index < -0.39 is 66.4 Å². The van der Waals surface area contributed by atoms with Gasteiger partial charge in [-0.2, -0.15) is 13.2 Å². The Hall–Kier alpha value is -6.82. The third kappa shape index (κ3) is 12.4. The Kier molecular flexibility index (Phi) is 14.3. The summed E-state index contributed by atoms with van der Waals surface area (Å²) in [7, 11) is 0. The lowest BCUT2D eigenvalue weighted by Gasteiger charge is -2.21. The minimum absolute atomic E-state index is 0.00456. The summed E-state index contributed by atoms with van der Waals surface area (Å²) >= 11 is 0. The van der Waals surface area contributed by atoms with Crippen LogP contribution in [-0.4, -0.2) is 81.1 Å². The number of fused-ring (bicyclic) bond motifs is 1. The third-order valence-electron chi connectivity index (χ3n) is 7.61. The van der Waals surface area contributed by atoms with Crippen LogP contribution in [0.25, 0.3) is 10.8 Å². The Labute approximate surface area is 304 Å². The Morgan fingerprint density at radius 1 is 0.741 bits per heavy atom. The number of rotatable bonds is 14. The summed E-state index contributed by atoms with van der Waals surface area (Å²) in [5.41, 5.74) is 13.7. The van der Waals surface area contributed by atoms with Crippen LogP contribution in [-0.2, 0) is 36.8 Å². The number of hydrogen-bond donors (Lipinski definition) is 9. The standard InChI is InChI=1S/C34H34N6O7.C2HF3O2/c35-26(15-19-11-13-21(14-12-19)30(36)37)32(44)38-24-9-4-8-23(16-24)31(43)39-27(18-29(41)42)33(45)40-28(34(46)47)17-22-7-3-6-20-5-1-2-10-25(20)22;3-2(4,5)1(6)7/h1-14,16,26-28H,15,17-18,35H2,(H3,36,37)(H,38,44)(H,39,43)(H,40,45)(H,41,42)(H,46,47);(H,6,7)/t26?,27-,28-;/m0./s1. The van der Waals surface area contributed by atoms with Crippen LogP contribution in [0.5, 0.6) is 0 Å². The van der Waals surface area contributed by atoms with Crippen LogP contribution < -0.4 is 27.4 Å². The van der Waals surface area contributed by atoms with Gasteiger partial charge in [0.1, 0.15) is 17.9 Å². The Bertz CT molecular complexity index is 2040. The average Bonchev–Trinajstić information content (AvgIpc) is 3.11. The number of amides is 3. The number of nitrogens with two attached hydrogens (primary N) is 2. The molecule has 0 aromatic heterocycles. The molecule has 4 rings (SSSR count). The topological polar surface area (TPSA) is 275 Å². The second kappa shape index (κ2) is 18.6. The van der Waals surface area contributed by atoms with Gasteiger partial charge in [-0.25, -0.2) is 9.59 Å². The maximum absolute atomic E-state index is 13.2. The number of anilines is 1. The molecule has 0 saturated carbocycles. The molecule has 11 N–H and O–H groups in total. The molecule has 54 heavy (non-hydrogen) atoms. The fourth-order valence-electron chi connectivity index (χ4n) is 4.93. The fourth-order valence-corrected chi connectivity index (χ4v) is 4.93. The molecule has 0 radical (unpaired) electrons. The van der Waals surface area contributed by atoms with E-state index in [1.807, 2.05) is 30.3 Å². The van der Waals surface area contributed by atoms with Gasteiger partial charge in [0.25, 0.3) is 5.91 Å². The molecule has 0 aliphatic carbocycles. The second-order valence-corrected chi connectivity index (χ2v) is 11.7. The fraction of sp³-hybridized carbons (Fsp3) is 0.194. The summed E-state index contributed by atoms with van der Waals surface area (Å²) in [6, 6.07) is 21.2. The van der Waals surface area contributed by atoms with Crippen molar-refractivity contribution in [2.75, 3.05) is 5.32 Å². The number of halogens is 3. The molecule has 0 heterocycles. The van der Waals surface area contributed by atoms with Gasteiger partial charge in [-0.15, -0.1) is 0 Å². The van der Waals surface area contributed by atoms with E-state index in [1.165, 1.54) is 24.3 Å². The molecule has 18 heteroatoms. The maximum atomic E-state index is 13.2. The predicted octanol–water partition coefficient (Wildman–Crippen LogP) is 2.65. The normalized spacial score (nSPS) is 12.5. The van der Waals surface area contributed by atoms with Crippen LogP contribution in [0.4, 0.5) is 18.9 Å². The molecule has 284 valence electrons. The zero-order chi connectivity index (χ0) is 40.2. The first-order chi connectivity index (χ1) is 25.3. The molecule has 1 unspecified atom stereocenters. The number of carbonyl (C=O) groups is 6. The Balaban J connectivity index is 0.00000102. The highest BCUT2D eigenvalue weighted by atomic mass is 19.4. The lowest BCUT2D eigenvalue weighted by atomic mass is 9.98. The van der Waals surface area contributed by atoms with Gasteiger partial charge in [0.2, 0.25) is 11.8 Å². The first-order valence-electron chi connectivity index (χ1n) is 15.8. The number of aliphatic carboxylic acids is 3. The number of benzene rings is 4. The Morgan fingerprint density at radius 3 is 1.94 bits per heavy atom. The summed E-state index contributed by atoms with van der Waals surface area (Å²) in [5.74, 6) is -7.91. The highest BCUT2D eigenvalue weighted by Crippen LogP contribution is 2.20. The molecule has 0 bridgehead atoms. The first kappa shape index (κ1) is 41.6. The molecule has 0 fully saturated rings. The van der Waals surface area contributed by atoms with Gasteiger partial charge in [0.15, 0.2) is 0 Å². The molecule has 15 nitrogen and oxygen atoms in total. The number of nitrogen functional groups attached to an aromatic ring is 1. The lowest BCUT2D eigenvalue weighted by Crippen LogP contribution is -2.53. The molecule has 0 saturated heterocycles. The van der Waals surface area contributed by atoms with Crippen molar-refractivity contribution in [3.05, 3.63) is 113 Å². The number of nitrogens with one attached hydrogen (secondary N) is 4. The Morgan fingerprint density at radius 2 is 1.35 bits per heavy atom. The minimum atomic E-state index is -5.08. The van der Waals surface area contributed by atoms with Crippen molar-refractivity contribution in [2.45, 2.75) is 43.6 Å². The number of amidine groups is 1. The van der Waals surface area contributed by atoms with Gasteiger partial charge in [-0.1, -0.05) is 72.8 Å². The van der Waals surface area contributed by atoms with E-state index in [2.05, 4.69) is 16.0 Å². The average molecular weight is 753 g/mol. The van der Waals surface area contributed by atoms with Gasteiger partial charge in [-0.05, 0) is 46.5 Å². The van der Waals surface area contributed by atoms with Crippen LogP contribution >= 0.6 is 0 Å². The van der Waals surface area contributed by atoms with E-state index in [1.54, 1.807) is 36.4 Å². The van der Waals surface area contributed by atoms with E-state index in [-0.39, 0.29) is 29.9 Å². The van der Waals surface area contributed by atoms with Crippen LogP contribution in [0.3, 0.4) is 0 Å². The van der Waals surface area contributed by atoms with Crippen molar-refractivity contribution >= 4 is 57.9 Å². The zero-order valence-electron chi connectivity index (χ0n) is 28.1. The molecule has 3 atom stereocenters. The van der Waals surface area contributed by atoms with Gasteiger partial charge >= 0.3 is 24.1 Å². The van der Waals surface area contributed by atoms with Crippen molar-refractivity contribution in [1.82, 2.24) is 10.6 Å². The molecule has 4 aromatic carbocycles. The predicted molar refractivity (Wildman–Crippen MR) is 189 cm³/mol. The quantitative estimate of drug-likeness (QED) is 0.0667. The van der Waals surface area contributed by atoms with E-state index in [0.717, 1.165) is 16.3 Å². The summed E-state index contributed by atoms with van der Waals surface area (Å²) in [6.45, 7) is 0. The highest BCUT2D eigenvalue weighted by Gasteiger charge is 2.38. The largest absolute Gasteiger partial charge is 0.490 e. The number of carbonyl (C=O) groups excluding carboxylic acids is 3. The van der Waals surface area contributed by atoms with Gasteiger partial charge < -0.3 is 42.7 Å². The summed E-state index contributed by atoms with van der Waals surface area (Å²) < 4.78 is 31.7. The number of alkyl halides is 3. The first-order valence-corrected chi connectivity index (χ1v) is 15.8. The molecule has 0 aliphatic rings. The van der Waals surface area contributed by atoms with Crippen LogP contribution in [0.1, 0.15) is 33.5 Å². The number of hydrogen-bond acceptors (Lipinski definition) is 8. The highest BCUT2D eigenvalue weighted by molar-refractivity contribution is 6.01. The smallest absolute Gasteiger partial charge is 0.481 e. The van der Waals surface area contributed by atoms with Gasteiger partial charge in [-0.3, -0.25) is 24.6 Å². The van der Waals surface area contributed by atoms with E-state index in [4.69, 9.17) is 26.8 Å². The van der Waals surface area contributed by atoms with Crippen molar-refractivity contribution in [3.8, 4) is 0 Å². The van der Waals surface area contributed by atoms with E-state index in [9.17, 15) is 47.4 Å². The second-order valence-electron chi connectivity index (χ2n) is 11.7. The van der Waals surface area contributed by atoms with Crippen molar-refractivity contribution in [1.29, 1.82) is 5.41 Å². The maximum Gasteiger partial charge on any atom is 0.490 e. The molecule has 4 aromatic rings. The third-order valence-corrected chi connectivity index (χ3v) is 7.61. The molecular weight excluding hydrogens is 717 g/mol. The van der Waals surface area contributed by atoms with E-state index >= 15 is 0 Å². The molecule has 0 aliphatic heterocycles. The van der Waals surface area contributed by atoms with E-state index in [0.29, 0.717) is 11.1 Å². The summed E-state index contributed by atoms with van der Waals surface area (Å²) in [6.07, 6.45) is -5.78. The zero-order valence-corrected chi connectivity index (χ0v) is 28.1. The van der Waals surface area contributed by atoms with Crippen LogP contribution in [0, 0.1) is 5.41 Å². The lowest BCUT2D eigenvalue weighted by molar-refractivity contribution is -0.192. The van der Waals surface area contributed by atoms with Gasteiger partial charge in [0.05, 0.1) is 12.5 Å². The number of carboxylic acids is 3. The van der Waals surface area contributed by atoms with Crippen molar-refractivity contribution in [3.63, 3.8) is 0 Å². The molecule has 3 amide bonds. The molecular formula is C36H35F3N6O9. The SMILES string of the molecule is N=C(N)c1ccc(CC(N)C(=O)Nc2cccc(C(=O)N[C@@H](CC(=O)O)C(=O)N[C@@H](Cc3cccc4ccccc34)C(=O)O)c2)cc1.O=C(O)C(F)(F)F. The minimum Gasteiger partial charge on any atom is -0.481 e. The summed E-state index contributed by atoms with van der Waals surface area (Å²) in [5, 5.41) is 42.9. The monoisotopic (exact) mass is 752 g/mol. The van der Waals surface area contributed by atoms with Crippen molar-refractivity contribution in [2.24, 2.45) is 11.5 Å².